The minimum absolute atomic E-state index is 0.0130. The Morgan fingerprint density at radius 3 is 2.61 bits per heavy atom. The van der Waals surface area contributed by atoms with Crippen LogP contribution in [-0.4, -0.2) is 18.0 Å². The fraction of sp³-hybridized carbons (Fsp3) is 0.462. The zero-order valence-electron chi connectivity index (χ0n) is 10.8. The van der Waals surface area contributed by atoms with Gasteiger partial charge in [0.15, 0.2) is 0 Å². The molecule has 18 heavy (non-hydrogen) atoms. The molecule has 2 N–H and O–H groups in total. The number of hydrogen-bond donors (Lipinski definition) is 2. The highest BCUT2D eigenvalue weighted by Gasteiger charge is 2.10. The molecule has 0 atom stereocenters. The van der Waals surface area contributed by atoms with Gasteiger partial charge in [-0.2, -0.15) is 0 Å². The lowest BCUT2D eigenvalue weighted by molar-refractivity contribution is -0.116. The van der Waals surface area contributed by atoms with Gasteiger partial charge in [-0.25, -0.2) is 0 Å². The highest BCUT2D eigenvalue weighted by molar-refractivity contribution is 9.10. The number of amides is 1. The summed E-state index contributed by atoms with van der Waals surface area (Å²) in [7, 11) is 0. The van der Waals surface area contributed by atoms with Crippen molar-refractivity contribution in [3.63, 3.8) is 0 Å². The molecular weight excluding hydrogens is 316 g/mol. The highest BCUT2D eigenvalue weighted by atomic mass is 79.9. The summed E-state index contributed by atoms with van der Waals surface area (Å²) in [4.78, 5) is 11.7. The maximum Gasteiger partial charge on any atom is 0.225 e. The smallest absolute Gasteiger partial charge is 0.225 e. The third kappa shape index (κ3) is 5.85. The Hall–Kier alpha value is -0.580. The number of halogens is 2. The third-order valence-electron chi connectivity index (χ3n) is 2.21. The predicted octanol–water partition coefficient (Wildman–Crippen LogP) is 3.82. The number of carbonyl (C=O) groups is 1. The summed E-state index contributed by atoms with van der Waals surface area (Å²) in [6.45, 7) is 6.87. The lowest BCUT2D eigenvalue weighted by atomic mass is 10.1. The fourth-order valence-corrected chi connectivity index (χ4v) is 1.84. The minimum Gasteiger partial charge on any atom is -0.326 e. The molecule has 0 radical (unpaired) electrons. The van der Waals surface area contributed by atoms with Crippen LogP contribution in [0.4, 0.5) is 5.69 Å². The van der Waals surface area contributed by atoms with E-state index < -0.39 is 0 Å². The molecule has 0 spiro atoms. The first-order chi connectivity index (χ1) is 8.28. The molecular formula is C13H18BrClN2O. The van der Waals surface area contributed by atoms with Gasteiger partial charge in [-0.3, -0.25) is 4.79 Å². The normalized spacial score (nSPS) is 11.4. The second-order valence-corrected chi connectivity index (χ2v) is 6.37. The van der Waals surface area contributed by atoms with Crippen molar-refractivity contribution in [3.8, 4) is 0 Å². The molecule has 0 unspecified atom stereocenters. The average molecular weight is 334 g/mol. The van der Waals surface area contributed by atoms with Crippen LogP contribution in [0.1, 0.15) is 27.2 Å². The van der Waals surface area contributed by atoms with Crippen LogP contribution in [0.25, 0.3) is 0 Å². The van der Waals surface area contributed by atoms with Crippen molar-refractivity contribution in [2.45, 2.75) is 32.7 Å². The van der Waals surface area contributed by atoms with Crippen molar-refractivity contribution in [3.05, 3.63) is 27.7 Å². The first-order valence-corrected chi connectivity index (χ1v) is 6.95. The number of anilines is 1. The monoisotopic (exact) mass is 332 g/mol. The van der Waals surface area contributed by atoms with E-state index in [1.165, 1.54) is 0 Å². The van der Waals surface area contributed by atoms with Gasteiger partial charge in [0.25, 0.3) is 0 Å². The maximum atomic E-state index is 11.7. The summed E-state index contributed by atoms with van der Waals surface area (Å²) in [6, 6.07) is 5.31. The molecule has 0 saturated heterocycles. The molecule has 1 aromatic carbocycles. The number of hydrogen-bond acceptors (Lipinski definition) is 2. The molecule has 1 rings (SSSR count). The van der Waals surface area contributed by atoms with E-state index in [1.807, 2.05) is 0 Å². The van der Waals surface area contributed by atoms with Crippen LogP contribution in [-0.2, 0) is 4.79 Å². The van der Waals surface area contributed by atoms with E-state index >= 15 is 0 Å². The molecule has 0 aliphatic rings. The first kappa shape index (κ1) is 15.5. The molecule has 0 aliphatic heterocycles. The van der Waals surface area contributed by atoms with Crippen LogP contribution in [0.5, 0.6) is 0 Å². The van der Waals surface area contributed by atoms with Crippen molar-refractivity contribution in [1.29, 1.82) is 0 Å². The second-order valence-electron chi connectivity index (χ2n) is 5.10. The SMILES string of the molecule is CC(C)(C)NCCC(=O)Nc1ccc(Cl)c(Br)c1. The van der Waals surface area contributed by atoms with Crippen molar-refractivity contribution in [2.24, 2.45) is 0 Å². The number of benzene rings is 1. The molecule has 0 heterocycles. The summed E-state index contributed by atoms with van der Waals surface area (Å²) in [6.07, 6.45) is 0.442. The van der Waals surface area contributed by atoms with E-state index in [9.17, 15) is 4.79 Å². The predicted molar refractivity (Wildman–Crippen MR) is 80.2 cm³/mol. The van der Waals surface area contributed by atoms with Gasteiger partial charge >= 0.3 is 0 Å². The molecule has 0 saturated carbocycles. The number of nitrogens with one attached hydrogen (secondary N) is 2. The number of carbonyl (C=O) groups excluding carboxylic acids is 1. The topological polar surface area (TPSA) is 41.1 Å². The minimum atomic E-state index is -0.0130. The molecule has 1 aromatic rings. The fourth-order valence-electron chi connectivity index (χ4n) is 1.35. The lowest BCUT2D eigenvalue weighted by Gasteiger charge is -2.20. The Morgan fingerprint density at radius 1 is 1.39 bits per heavy atom. The van der Waals surface area contributed by atoms with Gasteiger partial charge in [0.05, 0.1) is 5.02 Å². The summed E-state index contributed by atoms with van der Waals surface area (Å²) < 4.78 is 0.773. The zero-order valence-corrected chi connectivity index (χ0v) is 13.2. The van der Waals surface area contributed by atoms with Gasteiger partial charge in [-0.1, -0.05) is 11.6 Å². The Morgan fingerprint density at radius 2 is 2.06 bits per heavy atom. The van der Waals surface area contributed by atoms with Gasteiger partial charge in [0.1, 0.15) is 0 Å². The summed E-state index contributed by atoms with van der Waals surface area (Å²) >= 11 is 9.20. The van der Waals surface area contributed by atoms with E-state index in [-0.39, 0.29) is 11.4 Å². The first-order valence-electron chi connectivity index (χ1n) is 5.78. The molecule has 100 valence electrons. The van der Waals surface area contributed by atoms with E-state index in [2.05, 4.69) is 47.3 Å². The maximum absolute atomic E-state index is 11.7. The lowest BCUT2D eigenvalue weighted by Crippen LogP contribution is -2.37. The second kappa shape index (κ2) is 6.55. The van der Waals surface area contributed by atoms with E-state index in [0.29, 0.717) is 18.0 Å². The van der Waals surface area contributed by atoms with E-state index in [0.717, 1.165) is 10.2 Å². The highest BCUT2D eigenvalue weighted by Crippen LogP contribution is 2.25. The van der Waals surface area contributed by atoms with Gasteiger partial charge in [0.2, 0.25) is 5.91 Å². The van der Waals surface area contributed by atoms with E-state index in [1.54, 1.807) is 18.2 Å². The Kier molecular flexibility index (Phi) is 5.63. The van der Waals surface area contributed by atoms with Crippen LogP contribution in [0.15, 0.2) is 22.7 Å². The van der Waals surface area contributed by atoms with Gasteiger partial charge < -0.3 is 10.6 Å². The summed E-state index contributed by atoms with van der Waals surface area (Å²) in [5.41, 5.74) is 0.774. The van der Waals surface area contributed by atoms with Gasteiger partial charge in [-0.15, -0.1) is 0 Å². The van der Waals surface area contributed by atoms with Crippen molar-refractivity contribution in [2.75, 3.05) is 11.9 Å². The van der Waals surface area contributed by atoms with Crippen LogP contribution in [0.3, 0.4) is 0 Å². The molecule has 1 amide bonds. The van der Waals surface area contributed by atoms with Crippen molar-refractivity contribution in [1.82, 2.24) is 5.32 Å². The van der Waals surface area contributed by atoms with E-state index in [4.69, 9.17) is 11.6 Å². The molecule has 0 aromatic heterocycles. The molecule has 3 nitrogen and oxygen atoms in total. The molecule has 0 bridgehead atoms. The largest absolute Gasteiger partial charge is 0.326 e. The molecule has 0 fully saturated rings. The van der Waals surface area contributed by atoms with Gasteiger partial charge in [-0.05, 0) is 54.9 Å². The van der Waals surface area contributed by atoms with Crippen molar-refractivity contribution >= 4 is 39.1 Å². The quantitative estimate of drug-likeness (QED) is 0.879. The van der Waals surface area contributed by atoms with Crippen LogP contribution in [0, 0.1) is 0 Å². The van der Waals surface area contributed by atoms with Crippen LogP contribution >= 0.6 is 27.5 Å². The summed E-state index contributed by atoms with van der Waals surface area (Å²) in [5.74, 6) is -0.0130. The average Bonchev–Trinajstić information content (AvgIpc) is 2.21. The summed E-state index contributed by atoms with van der Waals surface area (Å²) in [5, 5.41) is 6.72. The third-order valence-corrected chi connectivity index (χ3v) is 3.42. The Labute approximate surface area is 121 Å². The Bertz CT molecular complexity index is 429. The molecule has 0 aliphatic carbocycles. The standard InChI is InChI=1S/C13H18BrClN2O/c1-13(2,3)16-7-6-12(18)17-9-4-5-11(15)10(14)8-9/h4-5,8,16H,6-7H2,1-3H3,(H,17,18). The molecule has 5 heteroatoms. The van der Waals surface area contributed by atoms with Crippen LogP contribution < -0.4 is 10.6 Å². The number of rotatable bonds is 4. The zero-order chi connectivity index (χ0) is 13.8. The van der Waals surface area contributed by atoms with Crippen LogP contribution in [0.2, 0.25) is 5.02 Å². The van der Waals surface area contributed by atoms with Crippen molar-refractivity contribution < 1.29 is 4.79 Å². The van der Waals surface area contributed by atoms with Gasteiger partial charge in [0, 0.05) is 28.7 Å². The Balaban J connectivity index is 2.42.